The van der Waals surface area contributed by atoms with Gasteiger partial charge in [-0.15, -0.1) is 0 Å². The van der Waals surface area contributed by atoms with Crippen molar-refractivity contribution >= 4 is 5.97 Å². The predicted molar refractivity (Wildman–Crippen MR) is 69.8 cm³/mol. The van der Waals surface area contributed by atoms with Gasteiger partial charge < -0.3 is 10.5 Å². The maximum Gasteiger partial charge on any atom is 0.326 e. The molecule has 1 atom stereocenters. The summed E-state index contributed by atoms with van der Waals surface area (Å²) >= 11 is 0. The molecular weight excluding hydrogens is 226 g/mol. The van der Waals surface area contributed by atoms with Gasteiger partial charge in [-0.25, -0.2) is 0 Å². The Kier molecular flexibility index (Phi) is 2.92. The lowest BCUT2D eigenvalue weighted by Gasteiger charge is -2.57. The van der Waals surface area contributed by atoms with E-state index in [9.17, 15) is 4.79 Å². The highest BCUT2D eigenvalue weighted by atomic mass is 16.5. The van der Waals surface area contributed by atoms with Crippen molar-refractivity contribution in [3.05, 3.63) is 0 Å². The quantitative estimate of drug-likeness (QED) is 0.783. The molecule has 3 heteroatoms. The number of rotatable bonds is 3. The lowest BCUT2D eigenvalue weighted by molar-refractivity contribution is -0.159. The predicted octanol–water partition coefficient (Wildman–Crippen LogP) is 2.34. The highest BCUT2D eigenvalue weighted by Crippen LogP contribution is 2.58. The van der Waals surface area contributed by atoms with Gasteiger partial charge in [-0.3, -0.25) is 4.79 Å². The zero-order valence-corrected chi connectivity index (χ0v) is 11.5. The number of carbonyl (C=O) groups is 1. The summed E-state index contributed by atoms with van der Waals surface area (Å²) in [5, 5.41) is 0. The van der Waals surface area contributed by atoms with Gasteiger partial charge in [0.25, 0.3) is 0 Å². The number of nitrogens with two attached hydrogens (primary N) is 1. The van der Waals surface area contributed by atoms with E-state index in [-0.39, 0.29) is 5.97 Å². The molecule has 1 unspecified atom stereocenters. The third kappa shape index (κ3) is 1.78. The van der Waals surface area contributed by atoms with Crippen LogP contribution in [0.25, 0.3) is 0 Å². The summed E-state index contributed by atoms with van der Waals surface area (Å²) in [6.45, 7) is 4.18. The molecule has 2 N–H and O–H groups in total. The number of esters is 1. The van der Waals surface area contributed by atoms with Crippen molar-refractivity contribution in [2.45, 2.75) is 51.5 Å². The molecule has 4 bridgehead atoms. The lowest BCUT2D eigenvalue weighted by Crippen LogP contribution is -2.61. The van der Waals surface area contributed by atoms with Crippen LogP contribution in [0.4, 0.5) is 0 Å². The second-order valence-electron chi connectivity index (χ2n) is 6.96. The van der Waals surface area contributed by atoms with E-state index >= 15 is 0 Å². The Bertz CT molecular complexity index is 322. The van der Waals surface area contributed by atoms with E-state index in [4.69, 9.17) is 10.5 Å². The number of hydrogen-bond donors (Lipinski definition) is 1. The van der Waals surface area contributed by atoms with Gasteiger partial charge in [0.2, 0.25) is 0 Å². The summed E-state index contributed by atoms with van der Waals surface area (Å²) in [7, 11) is 0. The van der Waals surface area contributed by atoms with Crippen LogP contribution >= 0.6 is 0 Å². The molecular formula is C15H25NO2. The second-order valence-corrected chi connectivity index (χ2v) is 6.96. The van der Waals surface area contributed by atoms with Gasteiger partial charge in [0, 0.05) is 0 Å². The molecule has 0 radical (unpaired) electrons. The van der Waals surface area contributed by atoms with Crippen LogP contribution in [-0.2, 0) is 9.53 Å². The van der Waals surface area contributed by atoms with Crippen LogP contribution < -0.4 is 5.73 Å². The zero-order chi connectivity index (χ0) is 12.9. The third-order valence-electron chi connectivity index (χ3n) is 5.63. The Hall–Kier alpha value is -0.570. The number of ether oxygens (including phenoxy) is 1. The molecule has 4 saturated carbocycles. The molecule has 18 heavy (non-hydrogen) atoms. The Morgan fingerprint density at radius 2 is 1.67 bits per heavy atom. The first-order valence-corrected chi connectivity index (χ1v) is 7.48. The Morgan fingerprint density at radius 1 is 1.17 bits per heavy atom. The topological polar surface area (TPSA) is 52.3 Å². The van der Waals surface area contributed by atoms with E-state index in [0.717, 1.165) is 11.8 Å². The summed E-state index contributed by atoms with van der Waals surface area (Å²) in [6, 6.07) is 0. The van der Waals surface area contributed by atoms with E-state index < -0.39 is 5.54 Å². The van der Waals surface area contributed by atoms with Crippen molar-refractivity contribution < 1.29 is 9.53 Å². The number of carbonyl (C=O) groups excluding carboxylic acids is 1. The molecule has 0 aliphatic heterocycles. The first-order valence-electron chi connectivity index (χ1n) is 7.48. The first kappa shape index (κ1) is 12.5. The fourth-order valence-electron chi connectivity index (χ4n) is 5.33. The van der Waals surface area contributed by atoms with E-state index in [1.54, 1.807) is 0 Å². The standard InChI is InChI=1S/C15H25NO2/c1-3-18-14(17)15(2,16)13-11-5-9-4-10(7-11)8-12(13)6-9/h9-13H,3-8,16H2,1-2H3. The fourth-order valence-corrected chi connectivity index (χ4v) is 5.33. The van der Waals surface area contributed by atoms with E-state index in [2.05, 4.69) is 0 Å². The van der Waals surface area contributed by atoms with Crippen LogP contribution in [0.5, 0.6) is 0 Å². The van der Waals surface area contributed by atoms with Gasteiger partial charge in [-0.05, 0) is 75.5 Å². The molecule has 0 saturated heterocycles. The van der Waals surface area contributed by atoms with E-state index in [1.165, 1.54) is 32.1 Å². The molecule has 0 aromatic carbocycles. The molecule has 0 aromatic rings. The van der Waals surface area contributed by atoms with Crippen LogP contribution in [0.15, 0.2) is 0 Å². The van der Waals surface area contributed by atoms with E-state index in [1.807, 2.05) is 13.8 Å². The molecule has 4 rings (SSSR count). The minimum Gasteiger partial charge on any atom is -0.465 e. The highest BCUT2D eigenvalue weighted by molar-refractivity contribution is 5.80. The van der Waals surface area contributed by atoms with Crippen LogP contribution in [0, 0.1) is 29.6 Å². The van der Waals surface area contributed by atoms with Crippen LogP contribution in [0.1, 0.15) is 46.0 Å². The minimum absolute atomic E-state index is 0.192. The molecule has 0 aromatic heterocycles. The smallest absolute Gasteiger partial charge is 0.326 e. The average Bonchev–Trinajstić information content (AvgIpc) is 2.27. The maximum atomic E-state index is 12.1. The van der Waals surface area contributed by atoms with Gasteiger partial charge in [-0.2, -0.15) is 0 Å². The van der Waals surface area contributed by atoms with Crippen molar-refractivity contribution in [2.75, 3.05) is 6.61 Å². The van der Waals surface area contributed by atoms with Crippen LogP contribution in [0.3, 0.4) is 0 Å². The van der Waals surface area contributed by atoms with Crippen molar-refractivity contribution in [3.63, 3.8) is 0 Å². The van der Waals surface area contributed by atoms with E-state index in [0.29, 0.717) is 24.4 Å². The third-order valence-corrected chi connectivity index (χ3v) is 5.63. The molecule has 102 valence electrons. The van der Waals surface area contributed by atoms with Gasteiger partial charge in [0.05, 0.1) is 6.61 Å². The Labute approximate surface area is 109 Å². The number of hydrogen-bond acceptors (Lipinski definition) is 3. The summed E-state index contributed by atoms with van der Waals surface area (Å²) < 4.78 is 5.20. The average molecular weight is 251 g/mol. The Morgan fingerprint density at radius 3 is 2.11 bits per heavy atom. The lowest BCUT2D eigenvalue weighted by atomic mass is 9.48. The summed E-state index contributed by atoms with van der Waals surface area (Å²) in [5.41, 5.74) is 5.62. The molecule has 0 spiro atoms. The first-order chi connectivity index (χ1) is 8.52. The zero-order valence-electron chi connectivity index (χ0n) is 11.5. The van der Waals surface area contributed by atoms with Gasteiger partial charge in [0.1, 0.15) is 5.54 Å². The fraction of sp³-hybridized carbons (Fsp3) is 0.933. The molecule has 3 nitrogen and oxygen atoms in total. The molecule has 4 fully saturated rings. The van der Waals surface area contributed by atoms with Crippen molar-refractivity contribution in [1.29, 1.82) is 0 Å². The largest absolute Gasteiger partial charge is 0.465 e. The summed E-state index contributed by atoms with van der Waals surface area (Å²) in [6.07, 6.45) is 6.61. The molecule has 0 amide bonds. The molecule has 4 aliphatic rings. The second kappa shape index (κ2) is 4.22. The van der Waals surface area contributed by atoms with Crippen molar-refractivity contribution in [1.82, 2.24) is 0 Å². The van der Waals surface area contributed by atoms with Crippen molar-refractivity contribution in [3.8, 4) is 0 Å². The maximum absolute atomic E-state index is 12.1. The van der Waals surface area contributed by atoms with Crippen LogP contribution in [0.2, 0.25) is 0 Å². The molecule has 4 aliphatic carbocycles. The van der Waals surface area contributed by atoms with Gasteiger partial charge in [0.15, 0.2) is 0 Å². The molecule has 0 heterocycles. The normalized spacial score (nSPS) is 44.7. The van der Waals surface area contributed by atoms with Gasteiger partial charge >= 0.3 is 5.97 Å². The SMILES string of the molecule is CCOC(=O)C(C)(N)C1C2CC3CC(C2)CC1C3. The van der Waals surface area contributed by atoms with Crippen molar-refractivity contribution in [2.24, 2.45) is 35.3 Å². The van der Waals surface area contributed by atoms with Gasteiger partial charge in [-0.1, -0.05) is 0 Å². The van der Waals surface area contributed by atoms with Crippen LogP contribution in [-0.4, -0.2) is 18.1 Å². The summed E-state index contributed by atoms with van der Waals surface area (Å²) in [5.74, 6) is 3.33. The Balaban J connectivity index is 1.81. The minimum atomic E-state index is -0.779. The summed E-state index contributed by atoms with van der Waals surface area (Å²) in [4.78, 5) is 12.1. The monoisotopic (exact) mass is 251 g/mol. The highest BCUT2D eigenvalue weighted by Gasteiger charge is 2.55.